The minimum absolute atomic E-state index is 0.174. The molecule has 5 aromatic carbocycles. The van der Waals surface area contributed by atoms with Gasteiger partial charge in [0.2, 0.25) is 0 Å². The Morgan fingerprint density at radius 1 is 0.420 bits per heavy atom. The van der Waals surface area contributed by atoms with Crippen molar-refractivity contribution < 1.29 is 28.8 Å². The summed E-state index contributed by atoms with van der Waals surface area (Å²) in [7, 11) is 0. The number of rotatable bonds is 17. The molecule has 0 amide bonds. The predicted molar refractivity (Wildman–Crippen MR) is 195 cm³/mol. The molecule has 0 spiro atoms. The molecule has 1 fully saturated rings. The molecular formula is C44H46O6. The fourth-order valence-corrected chi connectivity index (χ4v) is 6.58. The summed E-state index contributed by atoms with van der Waals surface area (Å²) in [6.07, 6.45) is -2.03. The molecule has 0 aliphatic heterocycles. The van der Waals surface area contributed by atoms with E-state index in [2.05, 4.69) is 6.58 Å². The predicted octanol–water partition coefficient (Wildman–Crippen LogP) is 8.23. The van der Waals surface area contributed by atoms with Gasteiger partial charge < -0.3 is 28.8 Å². The van der Waals surface area contributed by atoms with E-state index in [1.54, 1.807) is 6.08 Å². The van der Waals surface area contributed by atoms with Crippen LogP contribution in [0.15, 0.2) is 164 Å². The van der Waals surface area contributed by atoms with Gasteiger partial charge in [-0.2, -0.15) is 0 Å². The first-order valence-electron chi connectivity index (χ1n) is 17.2. The highest BCUT2D eigenvalue weighted by Gasteiger charge is 2.61. The Labute approximate surface area is 295 Å². The highest BCUT2D eigenvalue weighted by Crippen LogP contribution is 2.42. The maximum Gasteiger partial charge on any atom is 0.125 e. The quantitative estimate of drug-likeness (QED) is 0.101. The van der Waals surface area contributed by atoms with E-state index >= 15 is 0 Å². The monoisotopic (exact) mass is 670 g/mol. The molecule has 0 radical (unpaired) electrons. The maximum atomic E-state index is 13.0. The summed E-state index contributed by atoms with van der Waals surface area (Å²) in [5.74, 6) is 0. The van der Waals surface area contributed by atoms with E-state index in [4.69, 9.17) is 23.7 Å². The van der Waals surface area contributed by atoms with E-state index in [0.717, 1.165) is 27.8 Å². The van der Waals surface area contributed by atoms with Gasteiger partial charge in [-0.15, -0.1) is 6.58 Å². The average Bonchev–Trinajstić information content (AvgIpc) is 3.17. The van der Waals surface area contributed by atoms with Crippen LogP contribution in [0.2, 0.25) is 0 Å². The standard InChI is InChI=1S/C44H46O6/c1-2-28-44(45)42(49-32-37-24-14-6-15-25-37)40(47-30-35-20-10-4-11-21-35)39(46-29-34-18-8-3-9-19-34)41(48-31-36-22-12-5-13-23-36)43(44)50-33-38-26-16-7-17-27-38/h2-27,39-43,45H,1,28-33H2/t39?,40-,41+,42+,43-,44?. The lowest BCUT2D eigenvalue weighted by Gasteiger charge is -2.54. The van der Waals surface area contributed by atoms with Crippen LogP contribution < -0.4 is 0 Å². The molecule has 6 heteroatoms. The van der Waals surface area contributed by atoms with E-state index in [9.17, 15) is 5.11 Å². The van der Waals surface area contributed by atoms with Gasteiger partial charge in [-0.25, -0.2) is 0 Å². The van der Waals surface area contributed by atoms with Crippen LogP contribution in [0.4, 0.5) is 0 Å². The van der Waals surface area contributed by atoms with E-state index < -0.39 is 36.1 Å². The summed E-state index contributed by atoms with van der Waals surface area (Å²) < 4.78 is 34.1. The topological polar surface area (TPSA) is 66.4 Å². The Balaban J connectivity index is 1.42. The second kappa shape index (κ2) is 18.0. The van der Waals surface area contributed by atoms with Crippen molar-refractivity contribution in [3.05, 3.63) is 192 Å². The van der Waals surface area contributed by atoms with Gasteiger partial charge in [0, 0.05) is 0 Å². The first-order valence-corrected chi connectivity index (χ1v) is 17.2. The average molecular weight is 671 g/mol. The fourth-order valence-electron chi connectivity index (χ4n) is 6.58. The van der Waals surface area contributed by atoms with Crippen molar-refractivity contribution in [3.63, 3.8) is 0 Å². The summed E-state index contributed by atoms with van der Waals surface area (Å²) in [6.45, 7) is 5.43. The van der Waals surface area contributed by atoms with Crippen LogP contribution in [0.25, 0.3) is 0 Å². The van der Waals surface area contributed by atoms with Gasteiger partial charge in [-0.1, -0.05) is 158 Å². The smallest absolute Gasteiger partial charge is 0.125 e. The Bertz CT molecular complexity index is 1590. The fraction of sp³-hybridized carbons (Fsp3) is 0.273. The van der Waals surface area contributed by atoms with Crippen molar-refractivity contribution in [2.45, 2.75) is 75.6 Å². The van der Waals surface area contributed by atoms with E-state index in [0.29, 0.717) is 6.61 Å². The number of benzene rings is 5. The molecule has 258 valence electrons. The molecule has 1 aliphatic carbocycles. The van der Waals surface area contributed by atoms with Crippen molar-refractivity contribution in [2.75, 3.05) is 0 Å². The van der Waals surface area contributed by atoms with Gasteiger partial charge in [-0.3, -0.25) is 0 Å². The maximum absolute atomic E-state index is 13.0. The largest absolute Gasteiger partial charge is 0.384 e. The van der Waals surface area contributed by atoms with E-state index in [1.807, 2.05) is 152 Å². The third-order valence-electron chi connectivity index (χ3n) is 9.10. The second-order valence-electron chi connectivity index (χ2n) is 12.7. The molecule has 1 aliphatic rings. The van der Waals surface area contributed by atoms with Crippen LogP contribution in [-0.2, 0) is 56.7 Å². The number of aliphatic hydroxyl groups is 1. The van der Waals surface area contributed by atoms with Crippen molar-refractivity contribution in [1.29, 1.82) is 0 Å². The van der Waals surface area contributed by atoms with Crippen molar-refractivity contribution in [2.24, 2.45) is 0 Å². The third-order valence-corrected chi connectivity index (χ3v) is 9.10. The second-order valence-corrected chi connectivity index (χ2v) is 12.7. The molecule has 50 heavy (non-hydrogen) atoms. The van der Waals surface area contributed by atoms with Crippen LogP contribution in [0.1, 0.15) is 34.2 Å². The first kappa shape index (κ1) is 35.4. The molecule has 6 nitrogen and oxygen atoms in total. The Kier molecular flexibility index (Phi) is 12.8. The van der Waals surface area contributed by atoms with Gasteiger partial charge in [0.1, 0.15) is 36.1 Å². The molecule has 6 atom stereocenters. The lowest BCUT2D eigenvalue weighted by atomic mass is 9.72. The van der Waals surface area contributed by atoms with E-state index in [-0.39, 0.29) is 32.8 Å². The van der Waals surface area contributed by atoms with Gasteiger partial charge >= 0.3 is 0 Å². The minimum Gasteiger partial charge on any atom is -0.384 e. The zero-order chi connectivity index (χ0) is 34.4. The van der Waals surface area contributed by atoms with Gasteiger partial charge in [0.15, 0.2) is 0 Å². The summed E-state index contributed by atoms with van der Waals surface area (Å²) >= 11 is 0. The normalized spacial score (nSPS) is 23.3. The Hall–Kier alpha value is -4.40. The summed E-state index contributed by atoms with van der Waals surface area (Å²) in [5, 5.41) is 13.0. The molecule has 1 N–H and O–H groups in total. The number of ether oxygens (including phenoxy) is 5. The lowest BCUT2D eigenvalue weighted by molar-refractivity contribution is -0.316. The van der Waals surface area contributed by atoms with Gasteiger partial charge in [-0.05, 0) is 34.2 Å². The van der Waals surface area contributed by atoms with Crippen LogP contribution >= 0.6 is 0 Å². The summed E-state index contributed by atoms with van der Waals surface area (Å²) in [4.78, 5) is 0. The van der Waals surface area contributed by atoms with Crippen molar-refractivity contribution in [1.82, 2.24) is 0 Å². The Morgan fingerprint density at radius 2 is 0.680 bits per heavy atom. The molecule has 5 aromatic rings. The van der Waals surface area contributed by atoms with Gasteiger partial charge in [0.05, 0.1) is 33.0 Å². The van der Waals surface area contributed by atoms with Crippen LogP contribution in [-0.4, -0.2) is 41.2 Å². The SMILES string of the molecule is C=CCC1(O)[C@H](OCc2ccccc2)[C@@H](OCc2ccccc2)C(OCc2ccccc2)[C@@H](OCc2ccccc2)[C@@H]1OCc1ccccc1. The van der Waals surface area contributed by atoms with Crippen LogP contribution in [0, 0.1) is 0 Å². The van der Waals surface area contributed by atoms with Crippen molar-refractivity contribution in [3.8, 4) is 0 Å². The van der Waals surface area contributed by atoms with Crippen molar-refractivity contribution >= 4 is 0 Å². The summed E-state index contributed by atoms with van der Waals surface area (Å²) in [6, 6.07) is 49.9. The number of hydrogen-bond donors (Lipinski definition) is 1. The molecule has 0 aromatic heterocycles. The first-order chi connectivity index (χ1) is 24.6. The van der Waals surface area contributed by atoms with E-state index in [1.165, 1.54) is 0 Å². The van der Waals surface area contributed by atoms with Crippen LogP contribution in [0.5, 0.6) is 0 Å². The zero-order valence-corrected chi connectivity index (χ0v) is 28.3. The molecule has 0 heterocycles. The van der Waals surface area contributed by atoms with Gasteiger partial charge in [0.25, 0.3) is 0 Å². The summed E-state index contributed by atoms with van der Waals surface area (Å²) in [5.41, 5.74) is 3.34. The third kappa shape index (κ3) is 9.23. The molecule has 0 bridgehead atoms. The zero-order valence-electron chi connectivity index (χ0n) is 28.3. The Morgan fingerprint density at radius 3 is 0.960 bits per heavy atom. The lowest BCUT2D eigenvalue weighted by Crippen LogP contribution is -2.73. The highest BCUT2D eigenvalue weighted by molar-refractivity contribution is 5.20. The number of hydrogen-bond acceptors (Lipinski definition) is 6. The molecular weight excluding hydrogens is 624 g/mol. The highest BCUT2D eigenvalue weighted by atomic mass is 16.6. The molecule has 0 saturated heterocycles. The molecule has 6 rings (SSSR count). The minimum atomic E-state index is -1.60. The molecule has 2 unspecified atom stereocenters. The molecule has 1 saturated carbocycles. The van der Waals surface area contributed by atoms with Crippen LogP contribution in [0.3, 0.4) is 0 Å².